The van der Waals surface area contributed by atoms with Gasteiger partial charge in [0.25, 0.3) is 0 Å². The van der Waals surface area contributed by atoms with Gasteiger partial charge < -0.3 is 9.47 Å². The van der Waals surface area contributed by atoms with E-state index in [1.165, 1.54) is 12.1 Å². The van der Waals surface area contributed by atoms with Crippen LogP contribution in [0.2, 0.25) is 0 Å². The molecular weight excluding hydrogens is 400 g/mol. The maximum Gasteiger partial charge on any atom is 0.308 e. The van der Waals surface area contributed by atoms with Crippen molar-refractivity contribution in [2.24, 2.45) is 0 Å². The quantitative estimate of drug-likeness (QED) is 0.603. The molecule has 1 aromatic heterocycles. The number of benzene rings is 2. The summed E-state index contributed by atoms with van der Waals surface area (Å²) in [4.78, 5) is 12.0. The van der Waals surface area contributed by atoms with E-state index >= 15 is 0 Å². The van der Waals surface area contributed by atoms with E-state index in [1.807, 2.05) is 13.8 Å². The van der Waals surface area contributed by atoms with Gasteiger partial charge >= 0.3 is 4.87 Å². The van der Waals surface area contributed by atoms with Gasteiger partial charge in [0.2, 0.25) is 10.0 Å². The Kier molecular flexibility index (Phi) is 6.07. The number of rotatable bonds is 8. The number of nitrogens with zero attached hydrogens (tertiary/aromatic N) is 1. The SMILES string of the molecule is CCOc1cc(CNS(=O)(=O)c2ccc3c(c2)sc(=O)n3CC)ccc1OC. The number of ether oxygens (including phenoxy) is 2. The number of aryl methyl sites for hydroxylation is 1. The van der Waals surface area contributed by atoms with Gasteiger partial charge in [-0.1, -0.05) is 17.4 Å². The predicted molar refractivity (Wildman–Crippen MR) is 110 cm³/mol. The molecule has 7 nitrogen and oxygen atoms in total. The van der Waals surface area contributed by atoms with Crippen molar-refractivity contribution < 1.29 is 17.9 Å². The fourth-order valence-electron chi connectivity index (χ4n) is 2.87. The molecule has 0 unspecified atom stereocenters. The third-order valence-corrected chi connectivity index (χ3v) is 6.60. The number of hydrogen-bond donors (Lipinski definition) is 1. The molecule has 0 spiro atoms. The number of nitrogens with one attached hydrogen (secondary N) is 1. The van der Waals surface area contributed by atoms with E-state index in [1.54, 1.807) is 35.9 Å². The Hall–Kier alpha value is -2.36. The molecule has 3 aromatic rings. The molecule has 0 radical (unpaired) electrons. The van der Waals surface area contributed by atoms with Crippen LogP contribution in [0.3, 0.4) is 0 Å². The summed E-state index contributed by atoms with van der Waals surface area (Å²) in [5.74, 6) is 1.16. The highest BCUT2D eigenvalue weighted by molar-refractivity contribution is 7.89. The summed E-state index contributed by atoms with van der Waals surface area (Å²) in [6.07, 6.45) is 0. The zero-order valence-corrected chi connectivity index (χ0v) is 17.5. The molecule has 0 saturated carbocycles. The largest absolute Gasteiger partial charge is 0.493 e. The van der Waals surface area contributed by atoms with Crippen molar-refractivity contribution >= 4 is 31.6 Å². The van der Waals surface area contributed by atoms with Crippen molar-refractivity contribution in [1.29, 1.82) is 0 Å². The molecule has 0 bridgehead atoms. The second kappa shape index (κ2) is 8.34. The highest BCUT2D eigenvalue weighted by atomic mass is 32.2. The van der Waals surface area contributed by atoms with Gasteiger partial charge in [-0.25, -0.2) is 13.1 Å². The minimum atomic E-state index is -3.73. The van der Waals surface area contributed by atoms with Crippen LogP contribution in [0.5, 0.6) is 11.5 Å². The maximum atomic E-state index is 12.7. The summed E-state index contributed by atoms with van der Waals surface area (Å²) in [6.45, 7) is 4.88. The Morgan fingerprint density at radius 2 is 1.89 bits per heavy atom. The monoisotopic (exact) mass is 422 g/mol. The second-order valence-corrected chi connectivity index (χ2v) is 8.74. The normalized spacial score (nSPS) is 11.7. The molecule has 1 N–H and O–H groups in total. The lowest BCUT2D eigenvalue weighted by Gasteiger charge is -2.12. The summed E-state index contributed by atoms with van der Waals surface area (Å²) >= 11 is 1.04. The first-order chi connectivity index (χ1) is 13.4. The average Bonchev–Trinajstić information content (AvgIpc) is 3.01. The Bertz CT molecular complexity index is 1150. The molecule has 3 rings (SSSR count). The molecule has 0 fully saturated rings. The van der Waals surface area contributed by atoms with E-state index in [9.17, 15) is 13.2 Å². The molecule has 0 atom stereocenters. The van der Waals surface area contributed by atoms with Gasteiger partial charge in [-0.3, -0.25) is 9.36 Å². The number of sulfonamides is 1. The number of methoxy groups -OCH3 is 1. The van der Waals surface area contributed by atoms with Crippen LogP contribution in [0.1, 0.15) is 19.4 Å². The Morgan fingerprint density at radius 1 is 1.11 bits per heavy atom. The van der Waals surface area contributed by atoms with E-state index < -0.39 is 10.0 Å². The fraction of sp³-hybridized carbons (Fsp3) is 0.316. The molecule has 0 saturated heterocycles. The summed E-state index contributed by atoms with van der Waals surface area (Å²) in [5.41, 5.74) is 1.49. The van der Waals surface area contributed by atoms with E-state index in [-0.39, 0.29) is 16.3 Å². The Labute approximate surface area is 167 Å². The van der Waals surface area contributed by atoms with Crippen molar-refractivity contribution in [3.8, 4) is 11.5 Å². The van der Waals surface area contributed by atoms with Gasteiger partial charge in [-0.05, 0) is 49.7 Å². The first kappa shape index (κ1) is 20.4. The molecule has 0 aliphatic heterocycles. The number of thiazole rings is 1. The molecule has 28 heavy (non-hydrogen) atoms. The Balaban J connectivity index is 1.83. The van der Waals surface area contributed by atoms with Crippen LogP contribution in [0, 0.1) is 0 Å². The van der Waals surface area contributed by atoms with Crippen molar-refractivity contribution in [2.45, 2.75) is 31.8 Å². The standard InChI is InChI=1S/C19H22N2O5S2/c1-4-21-15-8-7-14(11-18(15)27-19(21)22)28(23,24)20-12-13-6-9-16(25-3)17(10-13)26-5-2/h6-11,20H,4-5,12H2,1-3H3. The molecule has 150 valence electrons. The van der Waals surface area contributed by atoms with Gasteiger partial charge in [-0.15, -0.1) is 0 Å². The average molecular weight is 423 g/mol. The molecule has 2 aromatic carbocycles. The molecule has 9 heteroatoms. The second-order valence-electron chi connectivity index (χ2n) is 5.98. The number of fused-ring (bicyclic) bond motifs is 1. The van der Waals surface area contributed by atoms with Crippen LogP contribution in [-0.4, -0.2) is 26.7 Å². The smallest absolute Gasteiger partial charge is 0.308 e. The summed E-state index contributed by atoms with van der Waals surface area (Å²) in [5, 5.41) is 0. The molecular formula is C19H22N2O5S2. The highest BCUT2D eigenvalue weighted by Crippen LogP contribution is 2.28. The third kappa shape index (κ3) is 4.06. The fourth-order valence-corrected chi connectivity index (χ4v) is 4.99. The maximum absolute atomic E-state index is 12.7. The Morgan fingerprint density at radius 3 is 2.57 bits per heavy atom. The van der Waals surface area contributed by atoms with Crippen LogP contribution in [0.4, 0.5) is 0 Å². The van der Waals surface area contributed by atoms with Crippen LogP contribution in [0.25, 0.3) is 10.2 Å². The number of aromatic nitrogens is 1. The van der Waals surface area contributed by atoms with E-state index in [0.717, 1.165) is 22.4 Å². The van der Waals surface area contributed by atoms with Gasteiger partial charge in [0, 0.05) is 13.1 Å². The lowest BCUT2D eigenvalue weighted by Crippen LogP contribution is -2.23. The van der Waals surface area contributed by atoms with Crippen molar-refractivity contribution in [3.05, 3.63) is 51.6 Å². The van der Waals surface area contributed by atoms with E-state index in [4.69, 9.17) is 9.47 Å². The summed E-state index contributed by atoms with van der Waals surface area (Å²) in [6, 6.07) is 10.00. The van der Waals surface area contributed by atoms with Crippen molar-refractivity contribution in [1.82, 2.24) is 9.29 Å². The topological polar surface area (TPSA) is 86.6 Å². The van der Waals surface area contributed by atoms with Gasteiger partial charge in [0.05, 0.1) is 28.8 Å². The first-order valence-electron chi connectivity index (χ1n) is 8.82. The van der Waals surface area contributed by atoms with Crippen LogP contribution in [-0.2, 0) is 23.1 Å². The third-order valence-electron chi connectivity index (χ3n) is 4.26. The molecule has 0 amide bonds. The van der Waals surface area contributed by atoms with E-state index in [2.05, 4.69) is 4.72 Å². The summed E-state index contributed by atoms with van der Waals surface area (Å²) < 4.78 is 41.0. The zero-order chi connectivity index (χ0) is 20.3. The highest BCUT2D eigenvalue weighted by Gasteiger charge is 2.17. The molecule has 0 aliphatic carbocycles. The minimum absolute atomic E-state index is 0.0957. The lowest BCUT2D eigenvalue weighted by atomic mass is 10.2. The first-order valence-corrected chi connectivity index (χ1v) is 11.1. The lowest BCUT2D eigenvalue weighted by molar-refractivity contribution is 0.310. The number of hydrogen-bond acceptors (Lipinski definition) is 6. The molecule has 0 aliphatic rings. The van der Waals surface area contributed by atoms with Crippen LogP contribution >= 0.6 is 11.3 Å². The van der Waals surface area contributed by atoms with Crippen LogP contribution in [0.15, 0.2) is 46.1 Å². The van der Waals surface area contributed by atoms with Gasteiger partial charge in [0.1, 0.15) is 0 Å². The van der Waals surface area contributed by atoms with Crippen molar-refractivity contribution in [3.63, 3.8) is 0 Å². The summed E-state index contributed by atoms with van der Waals surface area (Å²) in [7, 11) is -2.18. The van der Waals surface area contributed by atoms with Gasteiger partial charge in [0.15, 0.2) is 11.5 Å². The van der Waals surface area contributed by atoms with Gasteiger partial charge in [-0.2, -0.15) is 0 Å². The zero-order valence-electron chi connectivity index (χ0n) is 15.9. The minimum Gasteiger partial charge on any atom is -0.493 e. The molecule has 1 heterocycles. The van der Waals surface area contributed by atoms with E-state index in [0.29, 0.717) is 29.4 Å². The van der Waals surface area contributed by atoms with Crippen LogP contribution < -0.4 is 19.1 Å². The van der Waals surface area contributed by atoms with Crippen molar-refractivity contribution in [2.75, 3.05) is 13.7 Å². The predicted octanol–water partition coefficient (Wildman–Crippen LogP) is 2.97.